The van der Waals surface area contributed by atoms with Crippen LogP contribution in [0.15, 0.2) is 48.5 Å². The molecular formula is C31H43N3O4S. The number of nitrogens with one attached hydrogen (secondary N) is 2. The van der Waals surface area contributed by atoms with E-state index in [1.165, 1.54) is 0 Å². The minimum Gasteiger partial charge on any atom is -0.444 e. The van der Waals surface area contributed by atoms with Gasteiger partial charge in [0.15, 0.2) is 0 Å². The Hall–Kier alpha value is -3.00. The van der Waals surface area contributed by atoms with Gasteiger partial charge in [0.05, 0.1) is 0 Å². The number of hydrogen-bond acceptors (Lipinski definition) is 5. The van der Waals surface area contributed by atoms with Crippen molar-refractivity contribution >= 4 is 29.7 Å². The van der Waals surface area contributed by atoms with E-state index >= 15 is 0 Å². The van der Waals surface area contributed by atoms with Gasteiger partial charge in [0.2, 0.25) is 11.8 Å². The molecule has 0 heterocycles. The highest BCUT2D eigenvalue weighted by Gasteiger charge is 2.42. The highest BCUT2D eigenvalue weighted by Crippen LogP contribution is 2.36. The topological polar surface area (TPSA) is 87.7 Å². The van der Waals surface area contributed by atoms with Crippen molar-refractivity contribution < 1.29 is 19.1 Å². The first-order chi connectivity index (χ1) is 18.5. The molecule has 2 aromatic rings. The molecule has 3 rings (SSSR count). The molecule has 0 aromatic heterocycles. The van der Waals surface area contributed by atoms with E-state index < -0.39 is 23.8 Å². The molecule has 2 N–H and O–H groups in total. The fourth-order valence-electron chi connectivity index (χ4n) is 4.84. The Labute approximate surface area is 237 Å². The molecule has 1 fully saturated rings. The van der Waals surface area contributed by atoms with Crippen molar-refractivity contribution in [2.45, 2.75) is 90.6 Å². The minimum absolute atomic E-state index is 0.0822. The first-order valence-electron chi connectivity index (χ1n) is 13.7. The maximum atomic E-state index is 14.4. The molecule has 0 saturated heterocycles. The van der Waals surface area contributed by atoms with Gasteiger partial charge in [-0.05, 0) is 94.6 Å². The zero-order valence-electron chi connectivity index (χ0n) is 24.1. The summed E-state index contributed by atoms with van der Waals surface area (Å²) < 4.78 is 5.49. The smallest absolute Gasteiger partial charge is 0.408 e. The Morgan fingerprint density at radius 2 is 1.67 bits per heavy atom. The van der Waals surface area contributed by atoms with Crippen LogP contribution in [-0.4, -0.2) is 52.5 Å². The highest BCUT2D eigenvalue weighted by molar-refractivity contribution is 7.98. The van der Waals surface area contributed by atoms with Crippen molar-refractivity contribution in [1.82, 2.24) is 15.5 Å². The number of benzene rings is 2. The molecule has 2 atom stereocenters. The second-order valence-corrected chi connectivity index (χ2v) is 12.2. The standard InChI is InChI=1S/C31H43N3O4S/c1-21-12-10-13-22(2)26(21)27(28(35)32-20-23-14-8-7-9-15-23)34(24-16-11-17-24)29(36)25(18-19-39-6)33-30(37)38-31(3,4)5/h7-10,12-15,24-25,27H,11,16-20H2,1-6H3,(H,32,35)(H,33,37). The minimum atomic E-state index is -0.815. The number of aryl methyl sites for hydroxylation is 2. The van der Waals surface area contributed by atoms with Crippen molar-refractivity contribution in [3.63, 3.8) is 0 Å². The summed E-state index contributed by atoms with van der Waals surface area (Å²) in [5.41, 5.74) is 3.03. The lowest BCUT2D eigenvalue weighted by Crippen LogP contribution is -2.57. The Bertz CT molecular complexity index is 1110. The number of hydrogen-bond donors (Lipinski definition) is 2. The molecule has 0 bridgehead atoms. The molecule has 0 aliphatic heterocycles. The van der Waals surface area contributed by atoms with Crippen molar-refractivity contribution in [2.24, 2.45) is 0 Å². The fourth-order valence-corrected chi connectivity index (χ4v) is 5.31. The van der Waals surface area contributed by atoms with E-state index in [-0.39, 0.29) is 17.9 Å². The van der Waals surface area contributed by atoms with Gasteiger partial charge < -0.3 is 20.3 Å². The maximum Gasteiger partial charge on any atom is 0.408 e. The number of ether oxygens (including phenoxy) is 1. The predicted octanol–water partition coefficient (Wildman–Crippen LogP) is 5.69. The van der Waals surface area contributed by atoms with Crippen LogP contribution in [0.5, 0.6) is 0 Å². The molecule has 3 amide bonds. The van der Waals surface area contributed by atoms with E-state index in [1.807, 2.05) is 68.6 Å². The first-order valence-corrected chi connectivity index (χ1v) is 15.1. The van der Waals surface area contributed by atoms with Gasteiger partial charge in [0.25, 0.3) is 0 Å². The van der Waals surface area contributed by atoms with E-state index in [9.17, 15) is 14.4 Å². The van der Waals surface area contributed by atoms with E-state index in [4.69, 9.17) is 4.74 Å². The van der Waals surface area contributed by atoms with Gasteiger partial charge in [-0.25, -0.2) is 4.79 Å². The van der Waals surface area contributed by atoms with E-state index in [2.05, 4.69) is 10.6 Å². The molecule has 212 valence electrons. The summed E-state index contributed by atoms with van der Waals surface area (Å²) in [6.07, 6.45) is 4.41. The molecule has 1 aliphatic rings. The van der Waals surface area contributed by atoms with Crippen LogP contribution < -0.4 is 10.6 Å². The summed E-state index contributed by atoms with van der Waals surface area (Å²) in [6.45, 7) is 9.70. The normalized spacial score (nSPS) is 15.0. The van der Waals surface area contributed by atoms with Crippen LogP contribution in [-0.2, 0) is 20.9 Å². The highest BCUT2D eigenvalue weighted by atomic mass is 32.2. The van der Waals surface area contributed by atoms with Crippen LogP contribution in [0.2, 0.25) is 0 Å². The summed E-state index contributed by atoms with van der Waals surface area (Å²) in [5.74, 6) is 0.207. The lowest BCUT2D eigenvalue weighted by Gasteiger charge is -2.44. The third kappa shape index (κ3) is 8.49. The first kappa shape index (κ1) is 30.5. The van der Waals surface area contributed by atoms with Gasteiger partial charge in [-0.15, -0.1) is 0 Å². The molecule has 39 heavy (non-hydrogen) atoms. The zero-order valence-corrected chi connectivity index (χ0v) is 24.9. The van der Waals surface area contributed by atoms with Crippen LogP contribution >= 0.6 is 11.8 Å². The van der Waals surface area contributed by atoms with Gasteiger partial charge in [-0.1, -0.05) is 48.5 Å². The van der Waals surface area contributed by atoms with Crippen molar-refractivity contribution in [1.29, 1.82) is 0 Å². The number of carbonyl (C=O) groups excluding carboxylic acids is 3. The molecule has 2 aromatic carbocycles. The maximum absolute atomic E-state index is 14.4. The number of nitrogens with zero attached hydrogens (tertiary/aromatic N) is 1. The summed E-state index contributed by atoms with van der Waals surface area (Å²) in [5, 5.41) is 5.92. The van der Waals surface area contributed by atoms with E-state index in [0.717, 1.165) is 41.5 Å². The molecular weight excluding hydrogens is 510 g/mol. The summed E-state index contributed by atoms with van der Waals surface area (Å²) >= 11 is 1.61. The summed E-state index contributed by atoms with van der Waals surface area (Å²) in [7, 11) is 0. The van der Waals surface area contributed by atoms with Crippen molar-refractivity contribution in [3.8, 4) is 0 Å². The van der Waals surface area contributed by atoms with Gasteiger partial charge >= 0.3 is 6.09 Å². The van der Waals surface area contributed by atoms with Gasteiger partial charge in [0.1, 0.15) is 17.7 Å². The Balaban J connectivity index is 2.00. The zero-order chi connectivity index (χ0) is 28.6. The third-order valence-electron chi connectivity index (χ3n) is 6.97. The quantitative estimate of drug-likeness (QED) is 0.373. The molecule has 1 saturated carbocycles. The molecule has 1 aliphatic carbocycles. The molecule has 7 nitrogen and oxygen atoms in total. The Kier molecular flexibility index (Phi) is 10.9. The molecule has 0 spiro atoms. The SMILES string of the molecule is CSCCC(NC(=O)OC(C)(C)C)C(=O)N(C1CCC1)C(C(=O)NCc1ccccc1)c1c(C)cccc1C. The number of carbonyl (C=O) groups is 3. The van der Waals surface area contributed by atoms with Gasteiger partial charge in [-0.2, -0.15) is 11.8 Å². The monoisotopic (exact) mass is 553 g/mol. The molecule has 2 unspecified atom stereocenters. The Morgan fingerprint density at radius 3 is 2.21 bits per heavy atom. The number of amides is 3. The fraction of sp³-hybridized carbons (Fsp3) is 0.516. The van der Waals surface area contributed by atoms with Gasteiger partial charge in [-0.3, -0.25) is 9.59 Å². The molecule has 8 heteroatoms. The summed E-state index contributed by atoms with van der Waals surface area (Å²) in [4.78, 5) is 42.9. The van der Waals surface area contributed by atoms with Gasteiger partial charge in [0, 0.05) is 12.6 Å². The van der Waals surface area contributed by atoms with Crippen molar-refractivity contribution in [3.05, 3.63) is 70.8 Å². The largest absolute Gasteiger partial charge is 0.444 e. The lowest BCUT2D eigenvalue weighted by molar-refractivity contribution is -0.147. The second kappa shape index (κ2) is 13.9. The van der Waals surface area contributed by atoms with Crippen molar-refractivity contribution in [2.75, 3.05) is 12.0 Å². The average Bonchev–Trinajstić information content (AvgIpc) is 2.84. The van der Waals surface area contributed by atoms with E-state index in [0.29, 0.717) is 18.7 Å². The second-order valence-electron chi connectivity index (χ2n) is 11.2. The van der Waals surface area contributed by atoms with Crippen LogP contribution in [0, 0.1) is 13.8 Å². The average molecular weight is 554 g/mol. The number of rotatable bonds is 11. The predicted molar refractivity (Wildman–Crippen MR) is 158 cm³/mol. The van der Waals surface area contributed by atoms with Crippen LogP contribution in [0.1, 0.15) is 74.8 Å². The summed E-state index contributed by atoms with van der Waals surface area (Å²) in [6, 6.07) is 14.0. The van der Waals surface area contributed by atoms with Crippen LogP contribution in [0.25, 0.3) is 0 Å². The Morgan fingerprint density at radius 1 is 1.03 bits per heavy atom. The molecule has 0 radical (unpaired) electrons. The van der Waals surface area contributed by atoms with Crippen LogP contribution in [0.3, 0.4) is 0 Å². The van der Waals surface area contributed by atoms with Crippen LogP contribution in [0.4, 0.5) is 4.79 Å². The lowest BCUT2D eigenvalue weighted by atomic mass is 9.86. The third-order valence-corrected chi connectivity index (χ3v) is 7.62. The number of thioether (sulfide) groups is 1. The van der Waals surface area contributed by atoms with E-state index in [1.54, 1.807) is 37.4 Å². The number of alkyl carbamates (subject to hydrolysis) is 1.